The van der Waals surface area contributed by atoms with E-state index in [1.807, 2.05) is 0 Å². The third-order valence-electron chi connectivity index (χ3n) is 2.31. The quantitative estimate of drug-likeness (QED) is 0.738. The highest BCUT2D eigenvalue weighted by molar-refractivity contribution is 9.10. The van der Waals surface area contributed by atoms with Gasteiger partial charge >= 0.3 is 0 Å². The highest BCUT2D eigenvalue weighted by atomic mass is 79.9. The zero-order chi connectivity index (χ0) is 10.1. The van der Waals surface area contributed by atoms with E-state index in [0.29, 0.717) is 10.2 Å². The van der Waals surface area contributed by atoms with Crippen molar-refractivity contribution >= 4 is 27.5 Å². The van der Waals surface area contributed by atoms with E-state index in [4.69, 9.17) is 16.3 Å². The smallest absolute Gasteiger partial charge is 0.156 e. The molecule has 0 bridgehead atoms. The van der Waals surface area contributed by atoms with Crippen LogP contribution in [0.15, 0.2) is 16.6 Å². The predicted octanol–water partition coefficient (Wildman–Crippen LogP) is 4.17. The van der Waals surface area contributed by atoms with Crippen LogP contribution in [0.2, 0.25) is 5.02 Å². The Bertz CT molecular complexity index is 329. The lowest BCUT2D eigenvalue weighted by atomic mass is 9.96. The van der Waals surface area contributed by atoms with Crippen LogP contribution >= 0.6 is 27.5 Å². The summed E-state index contributed by atoms with van der Waals surface area (Å²) in [6, 6.07) is 3.12. The van der Waals surface area contributed by atoms with Crippen LogP contribution in [0.5, 0.6) is 5.75 Å². The van der Waals surface area contributed by atoms with E-state index in [0.717, 1.165) is 12.8 Å². The topological polar surface area (TPSA) is 9.23 Å². The molecule has 1 aliphatic rings. The molecule has 14 heavy (non-hydrogen) atoms. The van der Waals surface area contributed by atoms with Crippen LogP contribution in [0.4, 0.5) is 4.39 Å². The van der Waals surface area contributed by atoms with Crippen LogP contribution in [0.3, 0.4) is 0 Å². The van der Waals surface area contributed by atoms with Gasteiger partial charge in [-0.1, -0.05) is 11.6 Å². The standard InChI is InChI=1S/C10H9BrClFO/c11-8-4-7(5-9(12)10(8)13)14-6-2-1-3-6/h4-6H,1-3H2. The highest BCUT2D eigenvalue weighted by Gasteiger charge is 2.20. The summed E-state index contributed by atoms with van der Waals surface area (Å²) in [5.74, 6) is 0.195. The first-order chi connectivity index (χ1) is 6.66. The van der Waals surface area contributed by atoms with Crippen molar-refractivity contribution < 1.29 is 9.13 Å². The van der Waals surface area contributed by atoms with Gasteiger partial charge in [-0.3, -0.25) is 0 Å². The van der Waals surface area contributed by atoms with Gasteiger partial charge in [-0.05, 0) is 41.3 Å². The minimum atomic E-state index is -0.437. The van der Waals surface area contributed by atoms with Gasteiger partial charge in [0.15, 0.2) is 5.82 Å². The molecule has 4 heteroatoms. The summed E-state index contributed by atoms with van der Waals surface area (Å²) in [6.07, 6.45) is 3.64. The summed E-state index contributed by atoms with van der Waals surface area (Å²) in [4.78, 5) is 0. The number of hydrogen-bond acceptors (Lipinski definition) is 1. The zero-order valence-electron chi connectivity index (χ0n) is 7.40. The molecule has 0 aromatic heterocycles. The Morgan fingerprint density at radius 1 is 1.43 bits per heavy atom. The Kier molecular flexibility index (Phi) is 2.98. The van der Waals surface area contributed by atoms with Gasteiger partial charge in [0.1, 0.15) is 5.75 Å². The maximum Gasteiger partial charge on any atom is 0.156 e. The lowest BCUT2D eigenvalue weighted by molar-refractivity contribution is 0.120. The normalized spacial score (nSPS) is 16.5. The van der Waals surface area contributed by atoms with Gasteiger partial charge in [0.2, 0.25) is 0 Å². The Labute approximate surface area is 95.3 Å². The molecule has 0 aliphatic heterocycles. The van der Waals surface area contributed by atoms with Crippen LogP contribution in [0.1, 0.15) is 19.3 Å². The molecule has 0 unspecified atom stereocenters. The monoisotopic (exact) mass is 278 g/mol. The average Bonchev–Trinajstić information content (AvgIpc) is 2.07. The molecule has 0 saturated heterocycles. The number of benzene rings is 1. The van der Waals surface area contributed by atoms with Crippen molar-refractivity contribution in [2.45, 2.75) is 25.4 Å². The van der Waals surface area contributed by atoms with Crippen LogP contribution in [-0.2, 0) is 0 Å². The molecule has 1 aliphatic carbocycles. The van der Waals surface area contributed by atoms with E-state index in [9.17, 15) is 4.39 Å². The predicted molar refractivity (Wildman–Crippen MR) is 57.4 cm³/mol. The molecule has 1 fully saturated rings. The van der Waals surface area contributed by atoms with Crippen molar-refractivity contribution in [1.29, 1.82) is 0 Å². The second-order valence-electron chi connectivity index (χ2n) is 3.37. The van der Waals surface area contributed by atoms with Gasteiger partial charge in [0, 0.05) is 6.07 Å². The van der Waals surface area contributed by atoms with Gasteiger partial charge in [-0.25, -0.2) is 4.39 Å². The molecular formula is C10H9BrClFO. The molecule has 0 atom stereocenters. The van der Waals surface area contributed by atoms with Crippen LogP contribution in [0, 0.1) is 5.82 Å². The number of rotatable bonds is 2. The summed E-state index contributed by atoms with van der Waals surface area (Å²) in [5, 5.41) is 0.0914. The van der Waals surface area contributed by atoms with Crippen molar-refractivity contribution in [3.05, 3.63) is 27.4 Å². The fourth-order valence-corrected chi connectivity index (χ4v) is 2.04. The van der Waals surface area contributed by atoms with Crippen LogP contribution < -0.4 is 4.74 Å². The largest absolute Gasteiger partial charge is 0.490 e. The second kappa shape index (κ2) is 4.07. The second-order valence-corrected chi connectivity index (χ2v) is 4.63. The molecule has 0 heterocycles. The number of halogens is 3. The van der Waals surface area contributed by atoms with E-state index in [1.54, 1.807) is 6.07 Å². The van der Waals surface area contributed by atoms with Crippen LogP contribution in [-0.4, -0.2) is 6.10 Å². The Morgan fingerprint density at radius 3 is 2.64 bits per heavy atom. The maximum absolute atomic E-state index is 13.1. The molecule has 1 nitrogen and oxygen atoms in total. The maximum atomic E-state index is 13.1. The Morgan fingerprint density at radius 2 is 2.14 bits per heavy atom. The van der Waals surface area contributed by atoms with E-state index >= 15 is 0 Å². The van der Waals surface area contributed by atoms with Gasteiger partial charge in [0.05, 0.1) is 15.6 Å². The molecule has 1 aromatic carbocycles. The van der Waals surface area contributed by atoms with Gasteiger partial charge < -0.3 is 4.74 Å². The van der Waals surface area contributed by atoms with Crippen molar-refractivity contribution in [3.63, 3.8) is 0 Å². The molecule has 1 saturated carbocycles. The summed E-state index contributed by atoms with van der Waals surface area (Å²) in [6.45, 7) is 0. The zero-order valence-corrected chi connectivity index (χ0v) is 9.74. The molecular weight excluding hydrogens is 270 g/mol. The molecule has 76 valence electrons. The van der Waals surface area contributed by atoms with E-state index < -0.39 is 5.82 Å². The number of ether oxygens (including phenoxy) is 1. The molecule has 0 spiro atoms. The summed E-state index contributed by atoms with van der Waals surface area (Å²) < 4.78 is 19.0. The van der Waals surface area contributed by atoms with E-state index in [-0.39, 0.29) is 11.1 Å². The van der Waals surface area contributed by atoms with Crippen LogP contribution in [0.25, 0.3) is 0 Å². The van der Waals surface area contributed by atoms with Gasteiger partial charge in [-0.2, -0.15) is 0 Å². The van der Waals surface area contributed by atoms with Gasteiger partial charge in [-0.15, -0.1) is 0 Å². The third-order valence-corrected chi connectivity index (χ3v) is 3.16. The Hall–Kier alpha value is -0.280. The van der Waals surface area contributed by atoms with E-state index in [1.165, 1.54) is 12.5 Å². The summed E-state index contributed by atoms with van der Waals surface area (Å²) in [5.41, 5.74) is 0. The summed E-state index contributed by atoms with van der Waals surface area (Å²) in [7, 11) is 0. The van der Waals surface area contributed by atoms with E-state index in [2.05, 4.69) is 15.9 Å². The fourth-order valence-electron chi connectivity index (χ4n) is 1.28. The van der Waals surface area contributed by atoms with Crippen molar-refractivity contribution in [2.75, 3.05) is 0 Å². The first kappa shape index (κ1) is 10.2. The third kappa shape index (κ3) is 2.04. The lowest BCUT2D eigenvalue weighted by Gasteiger charge is -2.26. The molecule has 2 rings (SSSR count). The fraction of sp³-hybridized carbons (Fsp3) is 0.400. The number of hydrogen-bond donors (Lipinski definition) is 0. The average molecular weight is 280 g/mol. The highest BCUT2D eigenvalue weighted by Crippen LogP contribution is 2.32. The molecule has 1 aromatic rings. The Balaban J connectivity index is 2.17. The van der Waals surface area contributed by atoms with Crippen molar-refractivity contribution in [3.8, 4) is 5.75 Å². The minimum absolute atomic E-state index is 0.0914. The molecule has 0 radical (unpaired) electrons. The first-order valence-electron chi connectivity index (χ1n) is 4.48. The minimum Gasteiger partial charge on any atom is -0.490 e. The molecule has 0 N–H and O–H groups in total. The first-order valence-corrected chi connectivity index (χ1v) is 5.65. The molecule has 0 amide bonds. The summed E-state index contributed by atoms with van der Waals surface area (Å²) >= 11 is 8.77. The van der Waals surface area contributed by atoms with Crippen molar-refractivity contribution in [1.82, 2.24) is 0 Å². The van der Waals surface area contributed by atoms with Gasteiger partial charge in [0.25, 0.3) is 0 Å². The van der Waals surface area contributed by atoms with Crippen molar-refractivity contribution in [2.24, 2.45) is 0 Å². The SMILES string of the molecule is Fc1c(Cl)cc(OC2CCC2)cc1Br. The lowest BCUT2D eigenvalue weighted by Crippen LogP contribution is -2.24.